The van der Waals surface area contributed by atoms with E-state index in [0.717, 1.165) is 28.1 Å². The molecule has 0 aromatic heterocycles. The highest BCUT2D eigenvalue weighted by molar-refractivity contribution is 9.10. The van der Waals surface area contributed by atoms with Gasteiger partial charge in [0.15, 0.2) is 0 Å². The molecule has 0 aliphatic carbocycles. The summed E-state index contributed by atoms with van der Waals surface area (Å²) in [5.41, 5.74) is 2.16. The van der Waals surface area contributed by atoms with Gasteiger partial charge in [0, 0.05) is 17.1 Å². The second kappa shape index (κ2) is 7.11. The average Bonchev–Trinajstić information content (AvgIpc) is 2.41. The van der Waals surface area contributed by atoms with Gasteiger partial charge >= 0.3 is 0 Å². The van der Waals surface area contributed by atoms with Crippen LogP contribution in [0.4, 0.5) is 0 Å². The normalized spacial score (nSPS) is 10.6. The van der Waals surface area contributed by atoms with Crippen molar-refractivity contribution in [3.8, 4) is 11.5 Å². The second-order valence-corrected chi connectivity index (χ2v) is 5.79. The first-order valence-corrected chi connectivity index (χ1v) is 7.71. The van der Waals surface area contributed by atoms with Crippen molar-refractivity contribution in [2.75, 3.05) is 6.54 Å². The SMILES string of the molecule is CCNCc1c(Cl)cccc1Oc1ccc(C)cc1Br. The van der Waals surface area contributed by atoms with Gasteiger partial charge in [0.05, 0.1) is 4.47 Å². The number of aryl methyl sites for hydroxylation is 1. The van der Waals surface area contributed by atoms with Crippen LogP contribution in [0.5, 0.6) is 11.5 Å². The van der Waals surface area contributed by atoms with E-state index >= 15 is 0 Å². The summed E-state index contributed by atoms with van der Waals surface area (Å²) in [6.45, 7) is 5.69. The van der Waals surface area contributed by atoms with Crippen molar-refractivity contribution < 1.29 is 4.74 Å². The molecule has 0 spiro atoms. The fourth-order valence-corrected chi connectivity index (χ4v) is 2.67. The van der Waals surface area contributed by atoms with Crippen LogP contribution in [0.25, 0.3) is 0 Å². The molecule has 0 saturated carbocycles. The summed E-state index contributed by atoms with van der Waals surface area (Å²) in [6.07, 6.45) is 0. The summed E-state index contributed by atoms with van der Waals surface area (Å²) < 4.78 is 6.94. The summed E-state index contributed by atoms with van der Waals surface area (Å²) in [5.74, 6) is 1.57. The average molecular weight is 355 g/mol. The van der Waals surface area contributed by atoms with Crippen LogP contribution < -0.4 is 10.1 Å². The molecule has 0 amide bonds. The lowest BCUT2D eigenvalue weighted by atomic mass is 10.2. The van der Waals surface area contributed by atoms with Crippen molar-refractivity contribution in [2.45, 2.75) is 20.4 Å². The van der Waals surface area contributed by atoms with Gasteiger partial charge in [0.2, 0.25) is 0 Å². The van der Waals surface area contributed by atoms with Crippen molar-refractivity contribution >= 4 is 27.5 Å². The number of benzene rings is 2. The number of rotatable bonds is 5. The first-order chi connectivity index (χ1) is 9.61. The second-order valence-electron chi connectivity index (χ2n) is 4.53. The summed E-state index contributed by atoms with van der Waals surface area (Å²) in [6, 6.07) is 11.7. The summed E-state index contributed by atoms with van der Waals surface area (Å²) in [5, 5.41) is 3.99. The van der Waals surface area contributed by atoms with E-state index < -0.39 is 0 Å². The van der Waals surface area contributed by atoms with Crippen LogP contribution in [-0.2, 0) is 6.54 Å². The molecule has 0 atom stereocenters. The first kappa shape index (κ1) is 15.4. The van der Waals surface area contributed by atoms with Crippen molar-refractivity contribution in [2.24, 2.45) is 0 Å². The first-order valence-electron chi connectivity index (χ1n) is 6.54. The lowest BCUT2D eigenvalue weighted by molar-refractivity contribution is 0.470. The lowest BCUT2D eigenvalue weighted by Gasteiger charge is -2.14. The zero-order valence-corrected chi connectivity index (χ0v) is 13.9. The molecule has 0 bridgehead atoms. The van der Waals surface area contributed by atoms with Gasteiger partial charge in [-0.2, -0.15) is 0 Å². The van der Waals surface area contributed by atoms with E-state index in [9.17, 15) is 0 Å². The third kappa shape index (κ3) is 3.75. The van der Waals surface area contributed by atoms with Gasteiger partial charge in [0.1, 0.15) is 11.5 Å². The molecule has 2 aromatic carbocycles. The minimum Gasteiger partial charge on any atom is -0.456 e. The molecule has 0 radical (unpaired) electrons. The molecule has 0 heterocycles. The van der Waals surface area contributed by atoms with Crippen LogP contribution in [0.3, 0.4) is 0 Å². The molecule has 2 rings (SSSR count). The predicted octanol–water partition coefficient (Wildman–Crippen LogP) is 5.31. The number of hydrogen-bond donors (Lipinski definition) is 1. The van der Waals surface area contributed by atoms with Crippen LogP contribution >= 0.6 is 27.5 Å². The lowest BCUT2D eigenvalue weighted by Crippen LogP contribution is -2.12. The Bertz CT molecular complexity index is 601. The highest BCUT2D eigenvalue weighted by atomic mass is 79.9. The topological polar surface area (TPSA) is 21.3 Å². The van der Waals surface area contributed by atoms with E-state index in [2.05, 4.69) is 28.2 Å². The minimum atomic E-state index is 0.689. The number of ether oxygens (including phenoxy) is 1. The monoisotopic (exact) mass is 353 g/mol. The molecule has 2 aromatic rings. The minimum absolute atomic E-state index is 0.689. The van der Waals surface area contributed by atoms with E-state index in [1.165, 1.54) is 5.56 Å². The third-order valence-corrected chi connectivity index (χ3v) is 3.91. The highest BCUT2D eigenvalue weighted by Crippen LogP contribution is 2.34. The fourth-order valence-electron chi connectivity index (χ4n) is 1.86. The maximum Gasteiger partial charge on any atom is 0.141 e. The van der Waals surface area contributed by atoms with Gasteiger partial charge in [-0.05, 0) is 59.2 Å². The Morgan fingerprint density at radius 3 is 2.70 bits per heavy atom. The third-order valence-electron chi connectivity index (χ3n) is 2.93. The molecule has 0 unspecified atom stereocenters. The Morgan fingerprint density at radius 1 is 1.20 bits per heavy atom. The van der Waals surface area contributed by atoms with Crippen molar-refractivity contribution in [3.05, 3.63) is 57.0 Å². The van der Waals surface area contributed by atoms with Crippen molar-refractivity contribution in [1.29, 1.82) is 0 Å². The molecule has 1 N–H and O–H groups in total. The van der Waals surface area contributed by atoms with Gasteiger partial charge in [-0.15, -0.1) is 0 Å². The van der Waals surface area contributed by atoms with Gasteiger partial charge in [0.25, 0.3) is 0 Å². The van der Waals surface area contributed by atoms with Crippen LogP contribution in [0.15, 0.2) is 40.9 Å². The van der Waals surface area contributed by atoms with E-state index in [1.54, 1.807) is 0 Å². The molecule has 0 aliphatic rings. The molecule has 20 heavy (non-hydrogen) atoms. The molecule has 0 fully saturated rings. The van der Waals surface area contributed by atoms with Crippen LogP contribution in [-0.4, -0.2) is 6.54 Å². The Kier molecular flexibility index (Phi) is 5.46. The van der Waals surface area contributed by atoms with E-state index in [0.29, 0.717) is 11.6 Å². The standard InChI is InChI=1S/C16H17BrClNO/c1-3-19-10-12-14(18)5-4-6-15(12)20-16-8-7-11(2)9-13(16)17/h4-9,19H,3,10H2,1-2H3. The summed E-state index contributed by atoms with van der Waals surface area (Å²) in [7, 11) is 0. The molecular weight excluding hydrogens is 338 g/mol. The molecule has 4 heteroatoms. The maximum atomic E-state index is 6.26. The van der Waals surface area contributed by atoms with Gasteiger partial charge in [-0.25, -0.2) is 0 Å². The Labute approximate surface area is 133 Å². The molecule has 2 nitrogen and oxygen atoms in total. The number of nitrogens with one attached hydrogen (secondary N) is 1. The van der Waals surface area contributed by atoms with Crippen molar-refractivity contribution in [3.63, 3.8) is 0 Å². The van der Waals surface area contributed by atoms with Gasteiger partial charge in [-0.1, -0.05) is 30.7 Å². The van der Waals surface area contributed by atoms with Gasteiger partial charge < -0.3 is 10.1 Å². The van der Waals surface area contributed by atoms with Crippen LogP contribution in [0.1, 0.15) is 18.1 Å². The van der Waals surface area contributed by atoms with Crippen LogP contribution in [0.2, 0.25) is 5.02 Å². The zero-order chi connectivity index (χ0) is 14.5. The summed E-state index contributed by atoms with van der Waals surface area (Å²) in [4.78, 5) is 0. The Morgan fingerprint density at radius 2 is 2.00 bits per heavy atom. The molecular formula is C16H17BrClNO. The number of hydrogen-bond acceptors (Lipinski definition) is 2. The van der Waals surface area contributed by atoms with E-state index in [1.807, 2.05) is 43.3 Å². The zero-order valence-electron chi connectivity index (χ0n) is 11.5. The van der Waals surface area contributed by atoms with Crippen molar-refractivity contribution in [1.82, 2.24) is 5.32 Å². The maximum absolute atomic E-state index is 6.26. The molecule has 0 saturated heterocycles. The quantitative estimate of drug-likeness (QED) is 0.785. The predicted molar refractivity (Wildman–Crippen MR) is 87.8 cm³/mol. The Hall–Kier alpha value is -1.03. The summed E-state index contributed by atoms with van der Waals surface area (Å²) >= 11 is 9.79. The Balaban J connectivity index is 2.30. The number of halogens is 2. The smallest absolute Gasteiger partial charge is 0.141 e. The van der Waals surface area contributed by atoms with E-state index in [-0.39, 0.29) is 0 Å². The highest BCUT2D eigenvalue weighted by Gasteiger charge is 2.10. The molecule has 0 aliphatic heterocycles. The van der Waals surface area contributed by atoms with E-state index in [4.69, 9.17) is 16.3 Å². The molecule has 106 valence electrons. The van der Waals surface area contributed by atoms with Gasteiger partial charge in [-0.3, -0.25) is 0 Å². The van der Waals surface area contributed by atoms with Crippen LogP contribution in [0, 0.1) is 6.92 Å². The fraction of sp³-hybridized carbons (Fsp3) is 0.250. The largest absolute Gasteiger partial charge is 0.456 e.